The minimum atomic E-state index is 0.828. The summed E-state index contributed by atoms with van der Waals surface area (Å²) in [6, 6.07) is 2.10. The zero-order chi connectivity index (χ0) is 12.3. The van der Waals surface area contributed by atoms with E-state index in [4.69, 9.17) is 0 Å². The van der Waals surface area contributed by atoms with Gasteiger partial charge < -0.3 is 5.32 Å². The van der Waals surface area contributed by atoms with Gasteiger partial charge in [-0.3, -0.25) is 9.36 Å². The Hall–Kier alpha value is -1.62. The molecule has 0 unspecified atom stereocenters. The Kier molecular flexibility index (Phi) is 3.58. The Morgan fingerprint density at radius 2 is 2.18 bits per heavy atom. The molecule has 2 rings (SSSR count). The maximum Gasteiger partial charge on any atom is 0.0597 e. The van der Waals surface area contributed by atoms with Gasteiger partial charge in [0.25, 0.3) is 0 Å². The zero-order valence-electron chi connectivity index (χ0n) is 10.6. The third-order valence-electron chi connectivity index (χ3n) is 2.74. The smallest absolute Gasteiger partial charge is 0.0597 e. The summed E-state index contributed by atoms with van der Waals surface area (Å²) in [5.74, 6) is 0. The molecule has 0 aromatic carbocycles. The molecule has 0 spiro atoms. The summed E-state index contributed by atoms with van der Waals surface area (Å²) in [5, 5.41) is 12.0. The summed E-state index contributed by atoms with van der Waals surface area (Å²) in [5.41, 5.74) is 3.47. The van der Waals surface area contributed by atoms with Crippen molar-refractivity contribution >= 4 is 0 Å². The fourth-order valence-corrected chi connectivity index (χ4v) is 1.84. The highest BCUT2D eigenvalue weighted by Gasteiger charge is 2.02. The van der Waals surface area contributed by atoms with Crippen molar-refractivity contribution in [3.8, 4) is 0 Å². The highest BCUT2D eigenvalue weighted by Crippen LogP contribution is 2.02. The van der Waals surface area contributed by atoms with Gasteiger partial charge in [0.2, 0.25) is 0 Å². The third-order valence-corrected chi connectivity index (χ3v) is 2.74. The van der Waals surface area contributed by atoms with Gasteiger partial charge in [0.15, 0.2) is 0 Å². The van der Waals surface area contributed by atoms with E-state index in [0.717, 1.165) is 25.3 Å². The van der Waals surface area contributed by atoms with Crippen LogP contribution >= 0.6 is 0 Å². The molecule has 2 aromatic heterocycles. The van der Waals surface area contributed by atoms with E-state index in [1.54, 1.807) is 0 Å². The molecule has 5 nitrogen and oxygen atoms in total. The second kappa shape index (κ2) is 5.14. The summed E-state index contributed by atoms with van der Waals surface area (Å²) >= 11 is 0. The zero-order valence-corrected chi connectivity index (χ0v) is 10.6. The van der Waals surface area contributed by atoms with E-state index in [0.29, 0.717) is 0 Å². The van der Waals surface area contributed by atoms with Crippen LogP contribution in [0.3, 0.4) is 0 Å². The number of aryl methyl sites for hydroxylation is 3. The molecule has 0 radical (unpaired) electrons. The highest BCUT2D eigenvalue weighted by atomic mass is 15.3. The molecular weight excluding hydrogens is 214 g/mol. The van der Waals surface area contributed by atoms with Crippen LogP contribution in [0.2, 0.25) is 0 Å². The normalized spacial score (nSPS) is 11.0. The molecule has 2 heterocycles. The van der Waals surface area contributed by atoms with Crippen molar-refractivity contribution in [3.63, 3.8) is 0 Å². The van der Waals surface area contributed by atoms with Crippen LogP contribution in [0.1, 0.15) is 23.9 Å². The van der Waals surface area contributed by atoms with Crippen LogP contribution in [-0.4, -0.2) is 19.6 Å². The van der Waals surface area contributed by atoms with Crippen LogP contribution in [-0.2, 0) is 26.7 Å². The molecule has 0 aliphatic carbocycles. The molecule has 0 aliphatic heterocycles. The average molecular weight is 233 g/mol. The minimum absolute atomic E-state index is 0.828. The number of aromatic nitrogens is 4. The van der Waals surface area contributed by atoms with E-state index in [9.17, 15) is 0 Å². The molecule has 92 valence electrons. The molecule has 0 saturated carbocycles. The maximum absolute atomic E-state index is 4.31. The van der Waals surface area contributed by atoms with Crippen molar-refractivity contribution in [1.82, 2.24) is 24.9 Å². The van der Waals surface area contributed by atoms with Crippen LogP contribution in [0.5, 0.6) is 0 Å². The molecule has 0 aliphatic rings. The predicted octanol–water partition coefficient (Wildman–Crippen LogP) is 1.23. The Morgan fingerprint density at radius 3 is 2.76 bits per heavy atom. The molecular formula is C12H19N5. The Bertz CT molecular complexity index is 483. The van der Waals surface area contributed by atoms with Gasteiger partial charge in [-0.25, -0.2) is 0 Å². The molecule has 1 N–H and O–H groups in total. The maximum atomic E-state index is 4.31. The molecule has 17 heavy (non-hydrogen) atoms. The quantitative estimate of drug-likeness (QED) is 0.845. The fourth-order valence-electron chi connectivity index (χ4n) is 1.84. The molecule has 0 atom stereocenters. The SMILES string of the molecule is CCn1cc(CNCc2cc(C)nn2C)cn1. The van der Waals surface area contributed by atoms with E-state index in [1.807, 2.05) is 29.5 Å². The lowest BCUT2D eigenvalue weighted by atomic mass is 10.3. The second-order valence-corrected chi connectivity index (χ2v) is 4.21. The van der Waals surface area contributed by atoms with E-state index in [-0.39, 0.29) is 0 Å². The monoisotopic (exact) mass is 233 g/mol. The van der Waals surface area contributed by atoms with E-state index >= 15 is 0 Å². The van der Waals surface area contributed by atoms with Crippen LogP contribution in [0.25, 0.3) is 0 Å². The standard InChI is InChI=1S/C12H19N5/c1-4-17-9-11(7-14-17)6-13-8-12-5-10(2)15-16(12)3/h5,7,9,13H,4,6,8H2,1-3H3. The average Bonchev–Trinajstić information content (AvgIpc) is 2.86. The predicted molar refractivity (Wildman–Crippen MR) is 66.4 cm³/mol. The largest absolute Gasteiger partial charge is 0.307 e. The van der Waals surface area contributed by atoms with Crippen LogP contribution in [0.4, 0.5) is 0 Å². The molecule has 0 fully saturated rings. The third kappa shape index (κ3) is 2.94. The van der Waals surface area contributed by atoms with E-state index in [2.05, 4.69) is 34.7 Å². The first-order valence-electron chi connectivity index (χ1n) is 5.90. The van der Waals surface area contributed by atoms with Gasteiger partial charge in [-0.2, -0.15) is 10.2 Å². The van der Waals surface area contributed by atoms with Gasteiger partial charge in [0, 0.05) is 38.4 Å². The number of hydrogen-bond acceptors (Lipinski definition) is 3. The first-order valence-corrected chi connectivity index (χ1v) is 5.90. The molecule has 2 aromatic rings. The first-order chi connectivity index (χ1) is 8.19. The van der Waals surface area contributed by atoms with Gasteiger partial charge in [0.1, 0.15) is 0 Å². The molecule has 0 bridgehead atoms. The Balaban J connectivity index is 1.85. The molecule has 5 heteroatoms. The van der Waals surface area contributed by atoms with Gasteiger partial charge in [-0.15, -0.1) is 0 Å². The van der Waals surface area contributed by atoms with Gasteiger partial charge in [-0.1, -0.05) is 0 Å². The van der Waals surface area contributed by atoms with Crippen molar-refractivity contribution in [1.29, 1.82) is 0 Å². The molecule has 0 amide bonds. The Morgan fingerprint density at radius 1 is 1.35 bits per heavy atom. The lowest BCUT2D eigenvalue weighted by Gasteiger charge is -2.03. The molecule has 0 saturated heterocycles. The lowest BCUT2D eigenvalue weighted by molar-refractivity contribution is 0.622. The fraction of sp³-hybridized carbons (Fsp3) is 0.500. The summed E-state index contributed by atoms with van der Waals surface area (Å²) in [4.78, 5) is 0. The van der Waals surface area contributed by atoms with Gasteiger partial charge >= 0.3 is 0 Å². The first kappa shape index (κ1) is 11.9. The van der Waals surface area contributed by atoms with Crippen molar-refractivity contribution < 1.29 is 0 Å². The van der Waals surface area contributed by atoms with Crippen molar-refractivity contribution in [2.45, 2.75) is 33.5 Å². The minimum Gasteiger partial charge on any atom is -0.307 e. The van der Waals surface area contributed by atoms with Crippen LogP contribution in [0, 0.1) is 6.92 Å². The van der Waals surface area contributed by atoms with Gasteiger partial charge in [0.05, 0.1) is 17.6 Å². The Labute approximate surface area is 101 Å². The van der Waals surface area contributed by atoms with Gasteiger partial charge in [-0.05, 0) is 19.9 Å². The van der Waals surface area contributed by atoms with Crippen molar-refractivity contribution in [2.24, 2.45) is 7.05 Å². The van der Waals surface area contributed by atoms with E-state index < -0.39 is 0 Å². The number of rotatable bonds is 5. The van der Waals surface area contributed by atoms with Crippen LogP contribution < -0.4 is 5.32 Å². The van der Waals surface area contributed by atoms with E-state index in [1.165, 1.54) is 11.3 Å². The second-order valence-electron chi connectivity index (χ2n) is 4.21. The summed E-state index contributed by atoms with van der Waals surface area (Å²) in [7, 11) is 1.97. The highest BCUT2D eigenvalue weighted by molar-refractivity contribution is 5.09. The van der Waals surface area contributed by atoms with Crippen molar-refractivity contribution in [3.05, 3.63) is 35.4 Å². The summed E-state index contributed by atoms with van der Waals surface area (Å²) in [6.45, 7) is 6.68. The number of nitrogens with one attached hydrogen (secondary N) is 1. The summed E-state index contributed by atoms with van der Waals surface area (Å²) in [6.07, 6.45) is 3.98. The number of nitrogens with zero attached hydrogens (tertiary/aromatic N) is 4. The lowest BCUT2D eigenvalue weighted by Crippen LogP contribution is -2.14. The summed E-state index contributed by atoms with van der Waals surface area (Å²) < 4.78 is 3.85. The van der Waals surface area contributed by atoms with Crippen molar-refractivity contribution in [2.75, 3.05) is 0 Å². The van der Waals surface area contributed by atoms with Crippen LogP contribution in [0.15, 0.2) is 18.5 Å². The topological polar surface area (TPSA) is 47.7 Å². The number of hydrogen-bond donors (Lipinski definition) is 1.